The molecular weight excluding hydrogens is 327 g/mol. The standard InChI is InChI=1S/C18H19FN2O4/c19-14-8-7-11(9-15(14)21-16(22)10-5-6-10)20-17(23)12-3-1-2-4-13(12)18(24)25/h1-2,7-10,12-13H,3-6H2,(H,20,23)(H,21,22)(H,24,25)/t12-,13-/m0/s1. The van der Waals surface area contributed by atoms with E-state index in [2.05, 4.69) is 10.6 Å². The normalized spacial score (nSPS) is 22.3. The molecule has 1 fully saturated rings. The van der Waals surface area contributed by atoms with Crippen molar-refractivity contribution in [2.24, 2.45) is 17.8 Å². The molecule has 132 valence electrons. The molecule has 7 heteroatoms. The van der Waals surface area contributed by atoms with Gasteiger partial charge >= 0.3 is 5.97 Å². The summed E-state index contributed by atoms with van der Waals surface area (Å²) in [6.07, 6.45) is 5.79. The number of rotatable bonds is 5. The molecule has 0 aliphatic heterocycles. The lowest BCUT2D eigenvalue weighted by atomic mass is 9.82. The largest absolute Gasteiger partial charge is 0.481 e. The van der Waals surface area contributed by atoms with Crippen molar-refractivity contribution in [1.82, 2.24) is 0 Å². The van der Waals surface area contributed by atoms with E-state index in [0.717, 1.165) is 18.9 Å². The minimum atomic E-state index is -1.01. The Balaban J connectivity index is 1.71. The first kappa shape index (κ1) is 17.1. The smallest absolute Gasteiger partial charge is 0.307 e. The van der Waals surface area contributed by atoms with E-state index in [0.29, 0.717) is 18.5 Å². The molecule has 2 aliphatic rings. The van der Waals surface area contributed by atoms with Crippen LogP contribution in [-0.2, 0) is 14.4 Å². The molecule has 25 heavy (non-hydrogen) atoms. The molecule has 3 N–H and O–H groups in total. The number of carboxylic acid groups (broad SMARTS) is 1. The van der Waals surface area contributed by atoms with Gasteiger partial charge in [0.05, 0.1) is 17.5 Å². The third kappa shape index (κ3) is 4.04. The first-order chi connectivity index (χ1) is 12.0. The fourth-order valence-corrected chi connectivity index (χ4v) is 2.89. The van der Waals surface area contributed by atoms with Gasteiger partial charge < -0.3 is 15.7 Å². The van der Waals surface area contributed by atoms with Crippen LogP contribution in [0.2, 0.25) is 0 Å². The van der Waals surface area contributed by atoms with Gasteiger partial charge in [-0.15, -0.1) is 0 Å². The minimum Gasteiger partial charge on any atom is -0.481 e. The van der Waals surface area contributed by atoms with E-state index in [4.69, 9.17) is 0 Å². The van der Waals surface area contributed by atoms with E-state index in [9.17, 15) is 23.9 Å². The average Bonchev–Trinajstić information content (AvgIpc) is 3.43. The first-order valence-corrected chi connectivity index (χ1v) is 8.25. The number of amides is 2. The predicted octanol–water partition coefficient (Wildman–Crippen LogP) is 2.78. The van der Waals surface area contributed by atoms with Crippen molar-refractivity contribution in [1.29, 1.82) is 0 Å². The second-order valence-corrected chi connectivity index (χ2v) is 6.44. The van der Waals surface area contributed by atoms with Crippen molar-refractivity contribution < 1.29 is 23.9 Å². The van der Waals surface area contributed by atoms with Crippen molar-refractivity contribution in [3.05, 3.63) is 36.2 Å². The molecule has 1 aromatic rings. The number of carbonyl (C=O) groups is 3. The Morgan fingerprint density at radius 3 is 2.32 bits per heavy atom. The molecule has 0 bridgehead atoms. The van der Waals surface area contributed by atoms with E-state index in [1.165, 1.54) is 12.1 Å². The molecule has 1 saturated carbocycles. The van der Waals surface area contributed by atoms with Crippen LogP contribution >= 0.6 is 0 Å². The first-order valence-electron chi connectivity index (χ1n) is 8.25. The number of carboxylic acids is 1. The number of anilines is 2. The molecule has 1 aromatic carbocycles. The second kappa shape index (κ2) is 7.04. The lowest BCUT2D eigenvalue weighted by Gasteiger charge is -2.24. The van der Waals surface area contributed by atoms with Crippen molar-refractivity contribution in [3.63, 3.8) is 0 Å². The van der Waals surface area contributed by atoms with Gasteiger partial charge in [0.15, 0.2) is 0 Å². The molecule has 2 aliphatic carbocycles. The maximum absolute atomic E-state index is 13.9. The van der Waals surface area contributed by atoms with Gasteiger partial charge in [-0.3, -0.25) is 14.4 Å². The van der Waals surface area contributed by atoms with Crippen LogP contribution in [0.25, 0.3) is 0 Å². The van der Waals surface area contributed by atoms with E-state index >= 15 is 0 Å². The molecule has 0 aromatic heterocycles. The van der Waals surface area contributed by atoms with Gasteiger partial charge in [-0.2, -0.15) is 0 Å². The number of nitrogens with one attached hydrogen (secondary N) is 2. The SMILES string of the molecule is O=C(Nc1cc(NC(=O)[C@H]2CC=CC[C@@H]2C(=O)O)ccc1F)C1CC1. The van der Waals surface area contributed by atoms with Crippen LogP contribution in [0.1, 0.15) is 25.7 Å². The molecule has 0 heterocycles. The number of aliphatic carboxylic acids is 1. The Morgan fingerprint density at radius 2 is 1.68 bits per heavy atom. The number of hydrogen-bond acceptors (Lipinski definition) is 3. The maximum Gasteiger partial charge on any atom is 0.307 e. The molecule has 0 unspecified atom stereocenters. The molecule has 0 radical (unpaired) electrons. The van der Waals surface area contributed by atoms with Gasteiger partial charge in [-0.25, -0.2) is 4.39 Å². The third-order valence-electron chi connectivity index (χ3n) is 4.53. The lowest BCUT2D eigenvalue weighted by molar-refractivity contribution is -0.146. The van der Waals surface area contributed by atoms with E-state index < -0.39 is 29.5 Å². The molecular formula is C18H19FN2O4. The zero-order valence-corrected chi connectivity index (χ0v) is 13.5. The maximum atomic E-state index is 13.9. The minimum absolute atomic E-state index is 0.00743. The van der Waals surface area contributed by atoms with Crippen LogP contribution in [0.4, 0.5) is 15.8 Å². The highest BCUT2D eigenvalue weighted by Crippen LogP contribution is 2.31. The highest BCUT2D eigenvalue weighted by molar-refractivity contribution is 5.97. The molecule has 2 atom stereocenters. The summed E-state index contributed by atoms with van der Waals surface area (Å²) < 4.78 is 13.9. The van der Waals surface area contributed by atoms with Crippen molar-refractivity contribution >= 4 is 29.2 Å². The fraction of sp³-hybridized carbons (Fsp3) is 0.389. The average molecular weight is 346 g/mol. The van der Waals surface area contributed by atoms with Crippen molar-refractivity contribution in [2.45, 2.75) is 25.7 Å². The quantitative estimate of drug-likeness (QED) is 0.715. The summed E-state index contributed by atoms with van der Waals surface area (Å²) in [5, 5.41) is 14.4. The third-order valence-corrected chi connectivity index (χ3v) is 4.53. The zero-order valence-electron chi connectivity index (χ0n) is 13.5. The van der Waals surface area contributed by atoms with Crippen LogP contribution in [0.5, 0.6) is 0 Å². The topological polar surface area (TPSA) is 95.5 Å². The van der Waals surface area contributed by atoms with Crippen LogP contribution in [0, 0.1) is 23.6 Å². The molecule has 3 rings (SSSR count). The monoisotopic (exact) mass is 346 g/mol. The predicted molar refractivity (Wildman–Crippen MR) is 89.4 cm³/mol. The highest BCUT2D eigenvalue weighted by atomic mass is 19.1. The summed E-state index contributed by atoms with van der Waals surface area (Å²) in [7, 11) is 0. The lowest BCUT2D eigenvalue weighted by Crippen LogP contribution is -2.34. The number of allylic oxidation sites excluding steroid dienone is 2. The summed E-state index contributed by atoms with van der Waals surface area (Å²) in [5.41, 5.74) is 0.323. The second-order valence-electron chi connectivity index (χ2n) is 6.44. The zero-order chi connectivity index (χ0) is 18.0. The van der Waals surface area contributed by atoms with E-state index in [1.54, 1.807) is 12.2 Å². The number of halogens is 1. The van der Waals surface area contributed by atoms with Crippen LogP contribution in [-0.4, -0.2) is 22.9 Å². The van der Waals surface area contributed by atoms with Gasteiger partial charge in [-0.1, -0.05) is 12.2 Å². The fourth-order valence-electron chi connectivity index (χ4n) is 2.89. The van der Waals surface area contributed by atoms with Crippen LogP contribution in [0.3, 0.4) is 0 Å². The number of hydrogen-bond donors (Lipinski definition) is 3. The molecule has 0 saturated heterocycles. The van der Waals surface area contributed by atoms with E-state index in [-0.39, 0.29) is 17.5 Å². The van der Waals surface area contributed by atoms with Gasteiger partial charge in [0.25, 0.3) is 0 Å². The summed E-state index contributed by atoms with van der Waals surface area (Å²) >= 11 is 0. The van der Waals surface area contributed by atoms with Crippen molar-refractivity contribution in [3.8, 4) is 0 Å². The Hall–Kier alpha value is -2.70. The summed E-state index contributed by atoms with van der Waals surface area (Å²) in [5.74, 6) is -3.79. The Morgan fingerprint density at radius 1 is 1.00 bits per heavy atom. The molecule has 0 spiro atoms. The van der Waals surface area contributed by atoms with Crippen LogP contribution < -0.4 is 10.6 Å². The summed E-state index contributed by atoms with van der Waals surface area (Å²) in [6, 6.07) is 3.89. The summed E-state index contributed by atoms with van der Waals surface area (Å²) in [4.78, 5) is 35.5. The van der Waals surface area contributed by atoms with Gasteiger partial charge in [-0.05, 0) is 43.9 Å². The van der Waals surface area contributed by atoms with Gasteiger partial charge in [0, 0.05) is 11.6 Å². The van der Waals surface area contributed by atoms with E-state index in [1.807, 2.05) is 0 Å². The molecule has 6 nitrogen and oxygen atoms in total. The highest BCUT2D eigenvalue weighted by Gasteiger charge is 2.34. The Bertz CT molecular complexity index is 743. The Kier molecular flexibility index (Phi) is 4.83. The van der Waals surface area contributed by atoms with Gasteiger partial charge in [0.1, 0.15) is 5.82 Å². The van der Waals surface area contributed by atoms with Crippen molar-refractivity contribution in [2.75, 3.05) is 10.6 Å². The number of carbonyl (C=O) groups excluding carboxylic acids is 2. The number of benzene rings is 1. The van der Waals surface area contributed by atoms with Crippen LogP contribution in [0.15, 0.2) is 30.4 Å². The van der Waals surface area contributed by atoms with Gasteiger partial charge in [0.2, 0.25) is 11.8 Å². The summed E-state index contributed by atoms with van der Waals surface area (Å²) in [6.45, 7) is 0. The Labute approximate surface area is 144 Å². The molecule has 2 amide bonds.